The Bertz CT molecular complexity index is 584. The Morgan fingerprint density at radius 2 is 2.00 bits per heavy atom. The molecule has 0 aliphatic carbocycles. The van der Waals surface area contributed by atoms with Gasteiger partial charge in [0.1, 0.15) is 0 Å². The fraction of sp³-hybridized carbons (Fsp3) is 0.231. The van der Waals surface area contributed by atoms with Gasteiger partial charge in [-0.3, -0.25) is 4.18 Å². The van der Waals surface area contributed by atoms with Crippen LogP contribution in [0, 0.1) is 6.92 Å². The molecule has 1 heterocycles. The van der Waals surface area contributed by atoms with Gasteiger partial charge in [0.15, 0.2) is 8.77 Å². The molecule has 96 valence electrons. The first-order valence-corrected chi connectivity index (χ1v) is 7.96. The van der Waals surface area contributed by atoms with E-state index >= 15 is 0 Å². The third-order valence-corrected chi connectivity index (χ3v) is 4.71. The van der Waals surface area contributed by atoms with Crippen LogP contribution >= 0.6 is 0 Å². The number of aryl methyl sites for hydroxylation is 1. The van der Waals surface area contributed by atoms with Gasteiger partial charge in [-0.05, 0) is 30.7 Å². The van der Waals surface area contributed by atoms with Gasteiger partial charge in [-0.25, -0.2) is 4.21 Å². The van der Waals surface area contributed by atoms with E-state index in [1.54, 1.807) is 24.7 Å². The zero-order chi connectivity index (χ0) is 13.0. The van der Waals surface area contributed by atoms with Gasteiger partial charge >= 0.3 is 0 Å². The van der Waals surface area contributed by atoms with Crippen molar-refractivity contribution in [1.82, 2.24) is 0 Å². The highest BCUT2D eigenvalue weighted by Gasteiger charge is 2.10. The van der Waals surface area contributed by atoms with Crippen LogP contribution in [0.3, 0.4) is 0 Å². The normalized spacial score (nSPS) is 14.3. The molecule has 0 aliphatic rings. The average Bonchev–Trinajstić information content (AvgIpc) is 2.82. The standard InChI is InChI=1S/C13H14O3S2/c1-11-2-4-13(5-3-11)18(14,17)16-9-7-12-6-8-15-10-12/h2-6,8,10H,7,9H2,1H3. The van der Waals surface area contributed by atoms with Crippen LogP contribution in [0.5, 0.6) is 0 Å². The van der Waals surface area contributed by atoms with Crippen molar-refractivity contribution >= 4 is 20.0 Å². The van der Waals surface area contributed by atoms with Gasteiger partial charge < -0.3 is 4.42 Å². The van der Waals surface area contributed by atoms with E-state index in [0.29, 0.717) is 17.9 Å². The monoisotopic (exact) mass is 282 g/mol. The predicted molar refractivity (Wildman–Crippen MR) is 73.3 cm³/mol. The molecule has 3 nitrogen and oxygen atoms in total. The van der Waals surface area contributed by atoms with Gasteiger partial charge in [0.25, 0.3) is 0 Å². The highest BCUT2D eigenvalue weighted by molar-refractivity contribution is 8.30. The SMILES string of the molecule is Cc1ccc(S(=O)(=S)OCCc2ccoc2)cc1. The Kier molecular flexibility index (Phi) is 4.16. The number of hydrogen-bond donors (Lipinski definition) is 0. The van der Waals surface area contributed by atoms with Crippen molar-refractivity contribution in [2.45, 2.75) is 18.2 Å². The summed E-state index contributed by atoms with van der Waals surface area (Å²) in [6, 6.07) is 9.10. The van der Waals surface area contributed by atoms with Crippen LogP contribution in [0.1, 0.15) is 11.1 Å². The van der Waals surface area contributed by atoms with Crippen molar-refractivity contribution in [1.29, 1.82) is 0 Å². The van der Waals surface area contributed by atoms with Gasteiger partial charge in [0.05, 0.1) is 24.0 Å². The summed E-state index contributed by atoms with van der Waals surface area (Å²) in [5, 5.41) is 0. The summed E-state index contributed by atoms with van der Waals surface area (Å²) in [5.41, 5.74) is 2.10. The Balaban J connectivity index is 1.97. The number of rotatable bonds is 5. The topological polar surface area (TPSA) is 39.4 Å². The molecule has 1 atom stereocenters. The molecule has 2 aromatic rings. The molecule has 0 saturated carbocycles. The van der Waals surface area contributed by atoms with Crippen LogP contribution in [0.4, 0.5) is 0 Å². The first-order chi connectivity index (χ1) is 8.58. The van der Waals surface area contributed by atoms with Crippen LogP contribution in [-0.2, 0) is 30.6 Å². The molecule has 0 bridgehead atoms. The highest BCUT2D eigenvalue weighted by atomic mass is 32.8. The van der Waals surface area contributed by atoms with Crippen molar-refractivity contribution in [3.05, 3.63) is 54.0 Å². The molecule has 0 N–H and O–H groups in total. The van der Waals surface area contributed by atoms with Gasteiger partial charge in [-0.15, -0.1) is 0 Å². The van der Waals surface area contributed by atoms with Crippen LogP contribution < -0.4 is 0 Å². The molecule has 18 heavy (non-hydrogen) atoms. The molecule has 1 unspecified atom stereocenters. The number of furan rings is 1. The summed E-state index contributed by atoms with van der Waals surface area (Å²) < 4.78 is 22.5. The van der Waals surface area contributed by atoms with E-state index in [1.807, 2.05) is 25.1 Å². The molecular weight excluding hydrogens is 268 g/mol. The van der Waals surface area contributed by atoms with Gasteiger partial charge in [0.2, 0.25) is 0 Å². The maximum Gasteiger partial charge on any atom is 0.173 e. The number of hydrogen-bond acceptors (Lipinski definition) is 4. The fourth-order valence-corrected chi connectivity index (χ4v) is 2.92. The molecule has 0 radical (unpaired) electrons. The minimum Gasteiger partial charge on any atom is -0.472 e. The summed E-state index contributed by atoms with van der Waals surface area (Å²) in [6.45, 7) is 2.28. The fourth-order valence-electron chi connectivity index (χ4n) is 1.48. The lowest BCUT2D eigenvalue weighted by Crippen LogP contribution is -2.07. The Labute approximate surface area is 112 Å². The Morgan fingerprint density at radius 1 is 1.28 bits per heavy atom. The lowest BCUT2D eigenvalue weighted by Gasteiger charge is -2.08. The van der Waals surface area contributed by atoms with E-state index in [2.05, 4.69) is 0 Å². The van der Waals surface area contributed by atoms with E-state index in [4.69, 9.17) is 19.8 Å². The highest BCUT2D eigenvalue weighted by Crippen LogP contribution is 2.14. The molecule has 2 rings (SSSR count). The summed E-state index contributed by atoms with van der Waals surface area (Å²) in [6.07, 6.45) is 3.87. The molecule has 0 amide bonds. The average molecular weight is 282 g/mol. The zero-order valence-electron chi connectivity index (χ0n) is 10.00. The van der Waals surface area contributed by atoms with E-state index in [0.717, 1.165) is 11.1 Å². The second-order valence-electron chi connectivity index (χ2n) is 3.97. The van der Waals surface area contributed by atoms with Crippen molar-refractivity contribution in [3.63, 3.8) is 0 Å². The molecule has 0 saturated heterocycles. The third kappa shape index (κ3) is 3.41. The van der Waals surface area contributed by atoms with Crippen molar-refractivity contribution < 1.29 is 12.8 Å². The molecule has 1 aromatic heterocycles. The van der Waals surface area contributed by atoms with Crippen molar-refractivity contribution in [2.75, 3.05) is 6.61 Å². The van der Waals surface area contributed by atoms with E-state index < -0.39 is 8.77 Å². The molecular formula is C13H14O3S2. The zero-order valence-corrected chi connectivity index (χ0v) is 11.6. The maximum atomic E-state index is 12.2. The summed E-state index contributed by atoms with van der Waals surface area (Å²) in [7, 11) is -2.83. The lowest BCUT2D eigenvalue weighted by atomic mass is 10.2. The molecule has 1 aromatic carbocycles. The van der Waals surface area contributed by atoms with E-state index in [1.165, 1.54) is 0 Å². The minimum absolute atomic E-state index is 0.315. The van der Waals surface area contributed by atoms with Crippen LogP contribution in [0.15, 0.2) is 52.2 Å². The second-order valence-corrected chi connectivity index (χ2v) is 6.90. The third-order valence-electron chi connectivity index (χ3n) is 2.52. The summed E-state index contributed by atoms with van der Waals surface area (Å²) >= 11 is 5.03. The quantitative estimate of drug-likeness (QED) is 0.845. The first-order valence-electron chi connectivity index (χ1n) is 5.55. The van der Waals surface area contributed by atoms with Gasteiger partial charge in [-0.1, -0.05) is 17.7 Å². The predicted octanol–water partition coefficient (Wildman–Crippen LogP) is 2.87. The number of benzene rings is 1. The lowest BCUT2D eigenvalue weighted by molar-refractivity contribution is 0.350. The molecule has 0 aliphatic heterocycles. The van der Waals surface area contributed by atoms with Crippen molar-refractivity contribution in [3.8, 4) is 0 Å². The largest absolute Gasteiger partial charge is 0.472 e. The van der Waals surface area contributed by atoms with E-state index in [9.17, 15) is 4.21 Å². The van der Waals surface area contributed by atoms with Gasteiger partial charge in [0, 0.05) is 17.6 Å². The molecule has 0 spiro atoms. The minimum atomic E-state index is -2.83. The maximum absolute atomic E-state index is 12.2. The van der Waals surface area contributed by atoms with Crippen molar-refractivity contribution in [2.24, 2.45) is 0 Å². The Morgan fingerprint density at radius 3 is 2.61 bits per heavy atom. The smallest absolute Gasteiger partial charge is 0.173 e. The molecule has 0 fully saturated rings. The van der Waals surface area contributed by atoms with Crippen LogP contribution in [0.2, 0.25) is 0 Å². The first kappa shape index (κ1) is 13.3. The summed E-state index contributed by atoms with van der Waals surface area (Å²) in [5.74, 6) is 0. The Hall–Kier alpha value is -1.17. The van der Waals surface area contributed by atoms with Gasteiger partial charge in [-0.2, -0.15) is 0 Å². The summed E-state index contributed by atoms with van der Waals surface area (Å²) in [4.78, 5) is 0.551. The molecule has 5 heteroatoms. The van der Waals surface area contributed by atoms with Crippen LogP contribution in [-0.4, -0.2) is 10.8 Å². The van der Waals surface area contributed by atoms with E-state index in [-0.39, 0.29) is 0 Å². The second kappa shape index (κ2) is 5.65. The van der Waals surface area contributed by atoms with Crippen LogP contribution in [0.25, 0.3) is 0 Å².